The Morgan fingerprint density at radius 1 is 0.765 bits per heavy atom. The molecule has 0 spiro atoms. The van der Waals surface area contributed by atoms with Crippen molar-refractivity contribution in [3.8, 4) is 11.1 Å². The van der Waals surface area contributed by atoms with Crippen LogP contribution in [0.1, 0.15) is 22.9 Å². The molecule has 34 heavy (non-hydrogen) atoms. The Labute approximate surface area is 196 Å². The van der Waals surface area contributed by atoms with Crippen LogP contribution in [0.25, 0.3) is 22.8 Å². The van der Waals surface area contributed by atoms with E-state index >= 15 is 0 Å². The first-order valence-electron chi connectivity index (χ1n) is 10.2. The van der Waals surface area contributed by atoms with Crippen LogP contribution in [0.15, 0.2) is 87.7 Å². The number of allylic oxidation sites excluding steroid dienone is 1. The Kier molecular flexibility index (Phi) is 5.33. The summed E-state index contributed by atoms with van der Waals surface area (Å²) in [7, 11) is -8.55. The third-order valence-corrected chi connectivity index (χ3v) is 7.66. The van der Waals surface area contributed by atoms with Crippen molar-refractivity contribution in [2.45, 2.75) is 15.8 Å². The van der Waals surface area contributed by atoms with Crippen molar-refractivity contribution >= 4 is 38.1 Å². The van der Waals surface area contributed by atoms with E-state index in [0.717, 1.165) is 33.5 Å². The van der Waals surface area contributed by atoms with Crippen LogP contribution in [-0.4, -0.2) is 37.1 Å². The number of dihydropyridines is 1. The lowest BCUT2D eigenvalue weighted by Gasteiger charge is -2.31. The van der Waals surface area contributed by atoms with Crippen LogP contribution in [0.2, 0.25) is 0 Å². The highest BCUT2D eigenvalue weighted by molar-refractivity contribution is 7.86. The minimum atomic E-state index is -4.28. The van der Waals surface area contributed by atoms with Crippen molar-refractivity contribution in [2.24, 2.45) is 10.9 Å². The van der Waals surface area contributed by atoms with Crippen molar-refractivity contribution in [3.05, 3.63) is 89.8 Å². The van der Waals surface area contributed by atoms with Gasteiger partial charge in [0.1, 0.15) is 6.04 Å². The van der Waals surface area contributed by atoms with Gasteiger partial charge in [-0.05, 0) is 58.7 Å². The van der Waals surface area contributed by atoms with Gasteiger partial charge in [0.2, 0.25) is 0 Å². The maximum absolute atomic E-state index is 11.4. The third kappa shape index (κ3) is 4.01. The van der Waals surface area contributed by atoms with E-state index in [2.05, 4.69) is 9.98 Å². The lowest BCUT2D eigenvalue weighted by atomic mass is 9.78. The lowest BCUT2D eigenvalue weighted by molar-refractivity contribution is 0.481. The van der Waals surface area contributed by atoms with E-state index < -0.39 is 20.2 Å². The molecule has 0 amide bonds. The number of nitrogens with zero attached hydrogens (tertiary/aromatic N) is 2. The number of hydrogen-bond acceptors (Lipinski definition) is 6. The van der Waals surface area contributed by atoms with Crippen molar-refractivity contribution in [1.82, 2.24) is 4.98 Å². The molecular weight excluding hydrogens is 476 g/mol. The predicted octanol–water partition coefficient (Wildman–Crippen LogP) is 4.09. The molecule has 2 atom stereocenters. The number of rotatable bonds is 4. The van der Waals surface area contributed by atoms with E-state index in [1.165, 1.54) is 24.3 Å². The maximum atomic E-state index is 11.4. The number of aliphatic imine (C=N–C) groups is 1. The van der Waals surface area contributed by atoms with Crippen LogP contribution >= 0.6 is 0 Å². The smallest absolute Gasteiger partial charge is 0.282 e. The Bertz CT molecular complexity index is 1590. The third-order valence-electron chi connectivity index (χ3n) is 5.92. The van der Waals surface area contributed by atoms with Crippen molar-refractivity contribution in [2.75, 3.05) is 0 Å². The molecule has 1 aliphatic carbocycles. The van der Waals surface area contributed by atoms with Gasteiger partial charge in [-0.25, -0.2) is 0 Å². The second-order valence-corrected chi connectivity index (χ2v) is 10.7. The topological polar surface area (TPSA) is 134 Å². The van der Waals surface area contributed by atoms with Crippen LogP contribution in [0.4, 0.5) is 0 Å². The van der Waals surface area contributed by atoms with Gasteiger partial charge in [0.05, 0.1) is 15.5 Å². The van der Waals surface area contributed by atoms with Crippen LogP contribution in [0.3, 0.4) is 0 Å². The molecule has 0 bridgehead atoms. The summed E-state index contributed by atoms with van der Waals surface area (Å²) in [4.78, 5) is 8.87. The molecule has 0 saturated heterocycles. The van der Waals surface area contributed by atoms with Crippen molar-refractivity contribution in [1.29, 1.82) is 0 Å². The normalized spacial score (nSPS) is 19.3. The highest BCUT2D eigenvalue weighted by Crippen LogP contribution is 2.45. The van der Waals surface area contributed by atoms with Gasteiger partial charge in [0.15, 0.2) is 0 Å². The summed E-state index contributed by atoms with van der Waals surface area (Å²) in [5.74, 6) is -0.126. The van der Waals surface area contributed by atoms with Gasteiger partial charge >= 0.3 is 0 Å². The van der Waals surface area contributed by atoms with Gasteiger partial charge in [-0.1, -0.05) is 36.4 Å². The molecule has 2 heterocycles. The quantitative estimate of drug-likeness (QED) is 0.522. The van der Waals surface area contributed by atoms with Crippen molar-refractivity contribution in [3.63, 3.8) is 0 Å². The minimum Gasteiger partial charge on any atom is -0.282 e. The molecule has 2 N–H and O–H groups in total. The molecule has 0 saturated carbocycles. The number of hydrogen-bond donors (Lipinski definition) is 2. The number of aromatic nitrogens is 1. The molecule has 2 aliphatic rings. The zero-order valence-corrected chi connectivity index (χ0v) is 19.1. The van der Waals surface area contributed by atoms with Gasteiger partial charge in [-0.3, -0.25) is 19.1 Å². The van der Waals surface area contributed by atoms with Gasteiger partial charge in [0.25, 0.3) is 20.2 Å². The second-order valence-electron chi connectivity index (χ2n) is 7.91. The van der Waals surface area contributed by atoms with Crippen LogP contribution in [0, 0.1) is 5.92 Å². The van der Waals surface area contributed by atoms with E-state index in [0.29, 0.717) is 0 Å². The monoisotopic (exact) mass is 494 g/mol. The fourth-order valence-corrected chi connectivity index (χ4v) is 5.27. The lowest BCUT2D eigenvalue weighted by Crippen LogP contribution is -2.20. The Balaban J connectivity index is 1.52. The molecule has 2 aromatic carbocycles. The first kappa shape index (κ1) is 22.4. The molecule has 0 unspecified atom stereocenters. The second kappa shape index (κ2) is 8.10. The summed E-state index contributed by atoms with van der Waals surface area (Å²) in [5.41, 5.74) is 4.99. The van der Waals surface area contributed by atoms with Gasteiger partial charge in [0, 0.05) is 23.9 Å². The Morgan fingerprint density at radius 2 is 1.35 bits per heavy atom. The van der Waals surface area contributed by atoms with Gasteiger partial charge < -0.3 is 0 Å². The number of pyridine rings is 1. The fourth-order valence-electron chi connectivity index (χ4n) is 4.31. The maximum Gasteiger partial charge on any atom is 0.294 e. The van der Waals surface area contributed by atoms with Crippen LogP contribution in [0.5, 0.6) is 0 Å². The van der Waals surface area contributed by atoms with E-state index in [1.54, 1.807) is 36.7 Å². The van der Waals surface area contributed by atoms with E-state index in [4.69, 9.17) is 0 Å². The molecule has 3 aromatic rings. The molecule has 1 aliphatic heterocycles. The summed E-state index contributed by atoms with van der Waals surface area (Å²) < 4.78 is 63.9. The summed E-state index contributed by atoms with van der Waals surface area (Å²) in [6, 6.07) is 13.5. The van der Waals surface area contributed by atoms with Gasteiger partial charge in [-0.2, -0.15) is 16.8 Å². The average Bonchev–Trinajstić information content (AvgIpc) is 2.82. The summed E-state index contributed by atoms with van der Waals surface area (Å²) in [6.45, 7) is 0. The standard InChI is InChI=1S/C24H18N2O6S2/c27-33(28,29)17-5-1-15(2-6-17)19-11-13-25-23-21(19)9-10-22-20(12-14-26-24(22)23)16-3-7-18(8-4-16)34(30,31)32/h1-14,21,23H,(H,27,28,29)(H,30,31,32)/t21-,23+/m1/s1. The molecule has 1 aromatic heterocycles. The molecule has 0 radical (unpaired) electrons. The number of fused-ring (bicyclic) bond motifs is 3. The predicted molar refractivity (Wildman–Crippen MR) is 127 cm³/mol. The van der Waals surface area contributed by atoms with Crippen LogP contribution in [-0.2, 0) is 20.2 Å². The van der Waals surface area contributed by atoms with Crippen molar-refractivity contribution < 1.29 is 25.9 Å². The molecule has 8 nitrogen and oxygen atoms in total. The summed E-state index contributed by atoms with van der Waals surface area (Å²) in [5, 5.41) is 0. The molecule has 5 rings (SSSR count). The van der Waals surface area contributed by atoms with Crippen LogP contribution < -0.4 is 0 Å². The van der Waals surface area contributed by atoms with E-state index in [-0.39, 0.29) is 21.8 Å². The molecule has 172 valence electrons. The minimum absolute atomic E-state index is 0.126. The fraction of sp³-hybridized carbons (Fsp3) is 0.0833. The Hall–Kier alpha value is -3.44. The molecule has 10 heteroatoms. The number of benzene rings is 2. The van der Waals surface area contributed by atoms with Gasteiger partial charge in [-0.15, -0.1) is 0 Å². The summed E-state index contributed by atoms with van der Waals surface area (Å²) in [6.07, 6.45) is 9.22. The van der Waals surface area contributed by atoms with E-state index in [1.807, 2.05) is 24.3 Å². The van der Waals surface area contributed by atoms with E-state index in [9.17, 15) is 25.9 Å². The average molecular weight is 495 g/mol. The zero-order chi connectivity index (χ0) is 24.1. The zero-order valence-electron chi connectivity index (χ0n) is 17.5. The molecular formula is C24H18N2O6S2. The highest BCUT2D eigenvalue weighted by Gasteiger charge is 2.33. The largest absolute Gasteiger partial charge is 0.294 e. The highest BCUT2D eigenvalue weighted by atomic mass is 32.2. The summed E-state index contributed by atoms with van der Waals surface area (Å²) >= 11 is 0. The molecule has 0 fully saturated rings. The SMILES string of the molecule is O=S(=O)(O)c1ccc(C2=CC=N[C@@H]3c4nccc(-c5ccc(S(=O)(=O)O)cc5)c4C=C[C@H]23)cc1. The first-order chi connectivity index (χ1) is 16.1. The Morgan fingerprint density at radius 3 is 1.94 bits per heavy atom. The first-order valence-corrected chi connectivity index (χ1v) is 13.1.